The lowest BCUT2D eigenvalue weighted by Gasteiger charge is -2.14. The van der Waals surface area contributed by atoms with Crippen LogP contribution in [0, 0.1) is 6.92 Å². The number of fused-ring (bicyclic) bond motifs is 1. The first-order valence-electron chi connectivity index (χ1n) is 11.2. The number of aromatic amines is 1. The normalized spacial score (nSPS) is 11.0. The molecule has 0 aliphatic carbocycles. The number of carbonyl (C=O) groups excluding carboxylic acids is 2. The molecule has 33 heavy (non-hydrogen) atoms. The molecule has 2 amide bonds. The van der Waals surface area contributed by atoms with Crippen molar-refractivity contribution >= 4 is 44.9 Å². The maximum absolute atomic E-state index is 12.8. The second kappa shape index (κ2) is 10.0. The summed E-state index contributed by atoms with van der Waals surface area (Å²) in [7, 11) is 0. The van der Waals surface area contributed by atoms with Crippen LogP contribution >= 0.6 is 11.3 Å². The highest BCUT2D eigenvalue weighted by molar-refractivity contribution is 7.18. The molecule has 4 aromatic rings. The lowest BCUT2D eigenvalue weighted by molar-refractivity contribution is -0.116. The molecule has 6 nitrogen and oxygen atoms in total. The number of nitrogens with zero attached hydrogens (tertiary/aromatic N) is 1. The first-order chi connectivity index (χ1) is 16.0. The molecule has 170 valence electrons. The molecule has 7 heteroatoms. The zero-order valence-electron chi connectivity index (χ0n) is 19.1. The molecule has 0 unspecified atom stereocenters. The lowest BCUT2D eigenvalue weighted by Crippen LogP contribution is -2.16. The first kappa shape index (κ1) is 22.7. The molecule has 0 spiro atoms. The van der Waals surface area contributed by atoms with E-state index in [1.54, 1.807) is 0 Å². The Morgan fingerprint density at radius 2 is 1.61 bits per heavy atom. The summed E-state index contributed by atoms with van der Waals surface area (Å²) >= 11 is 1.46. The number of hydrogen-bond acceptors (Lipinski definition) is 4. The Labute approximate surface area is 197 Å². The van der Waals surface area contributed by atoms with Crippen molar-refractivity contribution in [2.75, 3.05) is 10.6 Å². The summed E-state index contributed by atoms with van der Waals surface area (Å²) in [6.07, 6.45) is 2.28. The van der Waals surface area contributed by atoms with Crippen molar-refractivity contribution in [1.82, 2.24) is 10.2 Å². The quantitative estimate of drug-likeness (QED) is 0.328. The van der Waals surface area contributed by atoms with Gasteiger partial charge < -0.3 is 10.6 Å². The average molecular weight is 461 g/mol. The maximum atomic E-state index is 12.8. The molecule has 0 bridgehead atoms. The van der Waals surface area contributed by atoms with Crippen LogP contribution in [0.2, 0.25) is 0 Å². The molecule has 0 saturated carbocycles. The zero-order chi connectivity index (χ0) is 23.4. The summed E-state index contributed by atoms with van der Waals surface area (Å²) in [5.74, 6) is 0.399. The van der Waals surface area contributed by atoms with Crippen molar-refractivity contribution in [2.45, 2.75) is 46.5 Å². The van der Waals surface area contributed by atoms with Gasteiger partial charge >= 0.3 is 0 Å². The van der Waals surface area contributed by atoms with Crippen LogP contribution in [0.3, 0.4) is 0 Å². The van der Waals surface area contributed by atoms with Crippen molar-refractivity contribution in [3.63, 3.8) is 0 Å². The molecular formula is C26H28N4O2S. The van der Waals surface area contributed by atoms with Crippen LogP contribution in [-0.2, 0) is 35.3 Å². The second-order valence-corrected chi connectivity index (χ2v) is 9.24. The van der Waals surface area contributed by atoms with Crippen LogP contribution in [0.25, 0.3) is 10.2 Å². The Balaban J connectivity index is 1.44. The third-order valence-electron chi connectivity index (χ3n) is 5.65. The van der Waals surface area contributed by atoms with E-state index in [9.17, 15) is 9.59 Å². The Kier molecular flexibility index (Phi) is 6.89. The number of aromatic nitrogens is 2. The number of rotatable bonds is 8. The van der Waals surface area contributed by atoms with Gasteiger partial charge in [0.15, 0.2) is 0 Å². The van der Waals surface area contributed by atoms with Gasteiger partial charge in [0, 0.05) is 10.6 Å². The van der Waals surface area contributed by atoms with Gasteiger partial charge in [-0.05, 0) is 42.5 Å². The Hall–Kier alpha value is -3.45. The minimum Gasteiger partial charge on any atom is -0.325 e. The van der Waals surface area contributed by atoms with E-state index in [-0.39, 0.29) is 24.7 Å². The fourth-order valence-corrected chi connectivity index (χ4v) is 4.85. The summed E-state index contributed by atoms with van der Waals surface area (Å²) in [4.78, 5) is 27.0. The summed E-state index contributed by atoms with van der Waals surface area (Å²) in [6.45, 7) is 6.20. The molecule has 0 radical (unpaired) electrons. The molecule has 2 heterocycles. The minimum atomic E-state index is -0.113. The number of amides is 2. The highest BCUT2D eigenvalue weighted by Gasteiger charge is 2.16. The number of anilines is 2. The van der Waals surface area contributed by atoms with Gasteiger partial charge in [0.05, 0.1) is 18.2 Å². The van der Waals surface area contributed by atoms with Gasteiger partial charge in [0.2, 0.25) is 11.8 Å². The Morgan fingerprint density at radius 3 is 2.27 bits per heavy atom. The predicted octanol–water partition coefficient (Wildman–Crippen LogP) is 5.42. The van der Waals surface area contributed by atoms with E-state index in [1.807, 2.05) is 43.3 Å². The average Bonchev–Trinajstić information content (AvgIpc) is 3.36. The van der Waals surface area contributed by atoms with E-state index in [4.69, 9.17) is 0 Å². The van der Waals surface area contributed by atoms with E-state index >= 15 is 0 Å². The Morgan fingerprint density at radius 1 is 0.939 bits per heavy atom. The summed E-state index contributed by atoms with van der Waals surface area (Å²) in [5, 5.41) is 14.1. The van der Waals surface area contributed by atoms with Crippen LogP contribution in [0.1, 0.15) is 41.0 Å². The fraction of sp³-hybridized carbons (Fsp3) is 0.269. The van der Waals surface area contributed by atoms with Crippen LogP contribution in [0.5, 0.6) is 0 Å². The third kappa shape index (κ3) is 5.31. The summed E-state index contributed by atoms with van der Waals surface area (Å²) in [5.41, 5.74) is 5.33. The van der Waals surface area contributed by atoms with Crippen molar-refractivity contribution in [3.05, 3.63) is 75.7 Å². The van der Waals surface area contributed by atoms with Crippen molar-refractivity contribution in [3.8, 4) is 0 Å². The highest BCUT2D eigenvalue weighted by Crippen LogP contribution is 2.30. The molecule has 0 aliphatic rings. The summed E-state index contributed by atoms with van der Waals surface area (Å²) < 4.78 is 0. The van der Waals surface area contributed by atoms with E-state index in [2.05, 4.69) is 46.8 Å². The zero-order valence-corrected chi connectivity index (χ0v) is 19.9. The molecule has 3 N–H and O–H groups in total. The standard InChI is InChI=1S/C26H28N4O2S/c1-4-18-7-6-8-19(5-2)24(18)27-23(32)15-20-14-21-25(29-30-26(21)33-20)28-22(31)13-17-11-9-16(3)10-12-17/h6-12,14H,4-5,13,15H2,1-3H3,(H,27,32)(H2,28,29,30,31). The number of carbonyl (C=O) groups is 2. The molecular weight excluding hydrogens is 432 g/mol. The molecule has 0 atom stereocenters. The van der Waals surface area contributed by atoms with Gasteiger partial charge in [-0.2, -0.15) is 5.10 Å². The number of benzene rings is 2. The molecule has 0 aliphatic heterocycles. The predicted molar refractivity (Wildman–Crippen MR) is 135 cm³/mol. The lowest BCUT2D eigenvalue weighted by atomic mass is 10.0. The monoisotopic (exact) mass is 460 g/mol. The van der Waals surface area contributed by atoms with Crippen LogP contribution < -0.4 is 10.6 Å². The van der Waals surface area contributed by atoms with E-state index in [0.29, 0.717) is 5.82 Å². The SMILES string of the molecule is CCc1cccc(CC)c1NC(=O)Cc1cc2c(NC(=O)Cc3ccc(C)cc3)[nH]nc2s1. The molecule has 0 fully saturated rings. The Bertz CT molecular complexity index is 1270. The first-order valence-corrected chi connectivity index (χ1v) is 12.0. The number of nitrogens with one attached hydrogen (secondary N) is 3. The number of aryl methyl sites for hydroxylation is 3. The minimum absolute atomic E-state index is 0.0524. The second-order valence-electron chi connectivity index (χ2n) is 8.12. The van der Waals surface area contributed by atoms with Gasteiger partial charge in [0.25, 0.3) is 0 Å². The van der Waals surface area contributed by atoms with Crippen molar-refractivity contribution in [1.29, 1.82) is 0 Å². The van der Waals surface area contributed by atoms with Crippen LogP contribution in [0.4, 0.5) is 11.5 Å². The summed E-state index contributed by atoms with van der Waals surface area (Å²) in [6, 6.07) is 16.0. The van der Waals surface area contributed by atoms with Gasteiger partial charge in [-0.15, -0.1) is 11.3 Å². The number of thiophene rings is 1. The fourth-order valence-electron chi connectivity index (χ4n) is 3.86. The van der Waals surface area contributed by atoms with E-state index in [0.717, 1.165) is 55.9 Å². The molecule has 2 aromatic heterocycles. The van der Waals surface area contributed by atoms with Crippen LogP contribution in [-0.4, -0.2) is 22.0 Å². The van der Waals surface area contributed by atoms with Gasteiger partial charge in [-0.1, -0.05) is 61.9 Å². The molecule has 4 rings (SSSR count). The highest BCUT2D eigenvalue weighted by atomic mass is 32.1. The number of H-pyrrole nitrogens is 1. The number of para-hydroxylation sites is 1. The number of hydrogen-bond donors (Lipinski definition) is 3. The van der Waals surface area contributed by atoms with Gasteiger partial charge in [0.1, 0.15) is 10.6 Å². The van der Waals surface area contributed by atoms with E-state index in [1.165, 1.54) is 11.3 Å². The molecule has 0 saturated heterocycles. The van der Waals surface area contributed by atoms with Crippen LogP contribution in [0.15, 0.2) is 48.5 Å². The topological polar surface area (TPSA) is 86.9 Å². The largest absolute Gasteiger partial charge is 0.325 e. The van der Waals surface area contributed by atoms with Gasteiger partial charge in [-0.25, -0.2) is 0 Å². The third-order valence-corrected chi connectivity index (χ3v) is 6.68. The van der Waals surface area contributed by atoms with Gasteiger partial charge in [-0.3, -0.25) is 14.7 Å². The smallest absolute Gasteiger partial charge is 0.229 e. The molecule has 2 aromatic carbocycles. The van der Waals surface area contributed by atoms with Crippen molar-refractivity contribution in [2.24, 2.45) is 0 Å². The van der Waals surface area contributed by atoms with Crippen molar-refractivity contribution < 1.29 is 9.59 Å². The van der Waals surface area contributed by atoms with E-state index < -0.39 is 0 Å². The maximum Gasteiger partial charge on any atom is 0.229 e.